The Balaban J connectivity index is 1.68. The zero-order valence-electron chi connectivity index (χ0n) is 13.7. The Hall–Kier alpha value is -3.42. The third kappa shape index (κ3) is 3.92. The molecule has 3 rings (SSSR count). The predicted molar refractivity (Wildman–Crippen MR) is 88.2 cm³/mol. The van der Waals surface area contributed by atoms with Crippen LogP contribution in [0.4, 0.5) is 0 Å². The van der Waals surface area contributed by atoms with E-state index in [0.717, 1.165) is 5.56 Å². The zero-order chi connectivity index (χ0) is 17.6. The van der Waals surface area contributed by atoms with E-state index >= 15 is 0 Å². The minimum atomic E-state index is -0.305. The van der Waals surface area contributed by atoms with Gasteiger partial charge in [-0.05, 0) is 24.3 Å². The maximum absolute atomic E-state index is 12.3. The zero-order valence-corrected chi connectivity index (χ0v) is 13.7. The van der Waals surface area contributed by atoms with Crippen molar-refractivity contribution >= 4 is 5.91 Å². The highest BCUT2D eigenvalue weighted by atomic mass is 16.5. The fourth-order valence-electron chi connectivity index (χ4n) is 2.13. The number of benzene rings is 1. The summed E-state index contributed by atoms with van der Waals surface area (Å²) in [6.45, 7) is 0.108. The minimum absolute atomic E-state index is 0.108. The molecule has 0 radical (unpaired) electrons. The smallest absolute Gasteiger partial charge is 0.251 e. The molecule has 0 bridgehead atoms. The number of hydrogen-bond acceptors (Lipinski definition) is 7. The Morgan fingerprint density at radius 2 is 1.76 bits per heavy atom. The van der Waals surface area contributed by atoms with Crippen molar-refractivity contribution in [1.29, 1.82) is 0 Å². The van der Waals surface area contributed by atoms with Crippen LogP contribution in [0.3, 0.4) is 0 Å². The van der Waals surface area contributed by atoms with E-state index in [4.69, 9.17) is 13.9 Å². The molecule has 0 aliphatic rings. The molecule has 0 aliphatic heterocycles. The van der Waals surface area contributed by atoms with E-state index in [2.05, 4.69) is 20.5 Å². The van der Waals surface area contributed by atoms with Crippen molar-refractivity contribution < 1.29 is 18.7 Å². The van der Waals surface area contributed by atoms with Crippen LogP contribution in [0.1, 0.15) is 16.2 Å². The van der Waals surface area contributed by atoms with Gasteiger partial charge in [0, 0.05) is 29.6 Å². The number of nitrogens with zero attached hydrogens (tertiary/aromatic N) is 3. The molecule has 25 heavy (non-hydrogen) atoms. The SMILES string of the molecule is COc1cc(OC)cc(C(=O)NCc2nnc(-c3ccncc3)o2)c1. The van der Waals surface area contributed by atoms with Crippen LogP contribution in [-0.4, -0.2) is 35.3 Å². The number of hydrogen-bond donors (Lipinski definition) is 1. The number of carbonyl (C=O) groups excluding carboxylic acids is 1. The lowest BCUT2D eigenvalue weighted by atomic mass is 10.2. The van der Waals surface area contributed by atoms with Gasteiger partial charge in [0.1, 0.15) is 11.5 Å². The fourth-order valence-corrected chi connectivity index (χ4v) is 2.13. The molecule has 1 N–H and O–H groups in total. The highest BCUT2D eigenvalue weighted by Gasteiger charge is 2.12. The molecule has 0 saturated carbocycles. The van der Waals surface area contributed by atoms with E-state index in [-0.39, 0.29) is 12.5 Å². The average Bonchev–Trinajstić information content (AvgIpc) is 3.15. The van der Waals surface area contributed by atoms with Crippen molar-refractivity contribution in [2.75, 3.05) is 14.2 Å². The van der Waals surface area contributed by atoms with E-state index in [1.54, 1.807) is 42.7 Å². The summed E-state index contributed by atoms with van der Waals surface area (Å²) in [5.74, 6) is 1.43. The molecule has 0 fully saturated rings. The van der Waals surface area contributed by atoms with Crippen molar-refractivity contribution in [1.82, 2.24) is 20.5 Å². The number of methoxy groups -OCH3 is 2. The summed E-state index contributed by atoms with van der Waals surface area (Å²) >= 11 is 0. The first-order chi connectivity index (χ1) is 12.2. The standard InChI is InChI=1S/C17H16N4O4/c1-23-13-7-12(8-14(9-13)24-2)16(22)19-10-15-20-21-17(25-15)11-3-5-18-6-4-11/h3-9H,10H2,1-2H3,(H,19,22). The molecule has 0 spiro atoms. The quantitative estimate of drug-likeness (QED) is 0.733. The summed E-state index contributed by atoms with van der Waals surface area (Å²) in [7, 11) is 3.05. The molecule has 3 aromatic rings. The number of carbonyl (C=O) groups is 1. The molecular formula is C17H16N4O4. The van der Waals surface area contributed by atoms with Gasteiger partial charge in [0.15, 0.2) is 0 Å². The van der Waals surface area contributed by atoms with Crippen molar-refractivity contribution in [3.05, 3.63) is 54.2 Å². The number of nitrogens with one attached hydrogen (secondary N) is 1. The van der Waals surface area contributed by atoms with Gasteiger partial charge in [-0.2, -0.15) is 0 Å². The number of pyridine rings is 1. The summed E-state index contributed by atoms with van der Waals surface area (Å²) in [5, 5.41) is 10.6. The van der Waals surface area contributed by atoms with Crippen LogP contribution in [0, 0.1) is 0 Å². The fraction of sp³-hybridized carbons (Fsp3) is 0.176. The van der Waals surface area contributed by atoms with E-state index in [9.17, 15) is 4.79 Å². The molecule has 128 valence electrons. The van der Waals surface area contributed by atoms with Crippen LogP contribution >= 0.6 is 0 Å². The molecule has 8 heteroatoms. The first kappa shape index (κ1) is 16.4. The minimum Gasteiger partial charge on any atom is -0.497 e. The van der Waals surface area contributed by atoms with E-state index in [1.165, 1.54) is 14.2 Å². The highest BCUT2D eigenvalue weighted by molar-refractivity contribution is 5.95. The van der Waals surface area contributed by atoms with Crippen molar-refractivity contribution in [2.24, 2.45) is 0 Å². The van der Waals surface area contributed by atoms with Gasteiger partial charge in [-0.25, -0.2) is 0 Å². The van der Waals surface area contributed by atoms with Gasteiger partial charge in [0.2, 0.25) is 11.8 Å². The Morgan fingerprint density at radius 3 is 2.40 bits per heavy atom. The molecule has 0 aliphatic carbocycles. The Kier molecular flexibility index (Phi) is 4.89. The lowest BCUT2D eigenvalue weighted by Gasteiger charge is -2.08. The molecule has 2 heterocycles. The summed E-state index contributed by atoms with van der Waals surface area (Å²) in [4.78, 5) is 16.2. The van der Waals surface area contributed by atoms with Gasteiger partial charge in [0.25, 0.3) is 5.91 Å². The van der Waals surface area contributed by atoms with E-state index < -0.39 is 0 Å². The Morgan fingerprint density at radius 1 is 1.08 bits per heavy atom. The van der Waals surface area contributed by atoms with Crippen molar-refractivity contribution in [3.63, 3.8) is 0 Å². The summed E-state index contributed by atoms with van der Waals surface area (Å²) in [6.07, 6.45) is 3.27. The molecule has 0 saturated heterocycles. The normalized spacial score (nSPS) is 10.3. The molecule has 2 aromatic heterocycles. The summed E-state index contributed by atoms with van der Waals surface area (Å²) in [5.41, 5.74) is 1.17. The molecular weight excluding hydrogens is 324 g/mol. The second-order valence-electron chi connectivity index (χ2n) is 5.02. The monoisotopic (exact) mass is 340 g/mol. The van der Waals surface area contributed by atoms with Crippen LogP contribution in [0.5, 0.6) is 11.5 Å². The number of aromatic nitrogens is 3. The second-order valence-corrected chi connectivity index (χ2v) is 5.02. The first-order valence-electron chi connectivity index (χ1n) is 7.43. The topological polar surface area (TPSA) is 99.4 Å². The van der Waals surface area contributed by atoms with Crippen LogP contribution in [0.25, 0.3) is 11.5 Å². The Bertz CT molecular complexity index is 842. The van der Waals surface area contributed by atoms with Crippen molar-refractivity contribution in [2.45, 2.75) is 6.54 Å². The third-order valence-electron chi connectivity index (χ3n) is 3.41. The molecule has 8 nitrogen and oxygen atoms in total. The molecule has 1 aromatic carbocycles. The van der Waals surface area contributed by atoms with Gasteiger partial charge in [0.05, 0.1) is 20.8 Å². The van der Waals surface area contributed by atoms with E-state index in [0.29, 0.717) is 28.8 Å². The molecule has 0 unspecified atom stereocenters. The largest absolute Gasteiger partial charge is 0.497 e. The van der Waals surface area contributed by atoms with Gasteiger partial charge < -0.3 is 19.2 Å². The lowest BCUT2D eigenvalue weighted by Crippen LogP contribution is -2.23. The second kappa shape index (κ2) is 7.43. The van der Waals surface area contributed by atoms with Gasteiger partial charge in [-0.1, -0.05) is 0 Å². The lowest BCUT2D eigenvalue weighted by molar-refractivity contribution is 0.0946. The van der Waals surface area contributed by atoms with Crippen LogP contribution in [0.2, 0.25) is 0 Å². The highest BCUT2D eigenvalue weighted by Crippen LogP contribution is 2.22. The van der Waals surface area contributed by atoms with Crippen molar-refractivity contribution in [3.8, 4) is 23.0 Å². The Labute approximate surface area is 143 Å². The summed E-state index contributed by atoms with van der Waals surface area (Å²) in [6, 6.07) is 8.45. The number of amides is 1. The maximum Gasteiger partial charge on any atom is 0.251 e. The van der Waals surface area contributed by atoms with Gasteiger partial charge >= 0.3 is 0 Å². The number of rotatable bonds is 6. The van der Waals surface area contributed by atoms with Crippen LogP contribution in [0.15, 0.2) is 47.1 Å². The van der Waals surface area contributed by atoms with Crippen LogP contribution < -0.4 is 14.8 Å². The third-order valence-corrected chi connectivity index (χ3v) is 3.41. The predicted octanol–water partition coefficient (Wildman–Crippen LogP) is 2.08. The van der Waals surface area contributed by atoms with Gasteiger partial charge in [-0.3, -0.25) is 9.78 Å². The van der Waals surface area contributed by atoms with Gasteiger partial charge in [-0.15, -0.1) is 10.2 Å². The average molecular weight is 340 g/mol. The van der Waals surface area contributed by atoms with E-state index in [1.807, 2.05) is 0 Å². The first-order valence-corrected chi connectivity index (χ1v) is 7.43. The van der Waals surface area contributed by atoms with Crippen LogP contribution in [-0.2, 0) is 6.54 Å². The maximum atomic E-state index is 12.3. The summed E-state index contributed by atoms with van der Waals surface area (Å²) < 4.78 is 15.8. The molecule has 1 amide bonds. The number of ether oxygens (including phenoxy) is 2. The molecule has 0 atom stereocenters.